The van der Waals surface area contributed by atoms with E-state index in [9.17, 15) is 19.0 Å². The summed E-state index contributed by atoms with van der Waals surface area (Å²) in [5.41, 5.74) is 0. The van der Waals surface area contributed by atoms with Crippen LogP contribution in [0.2, 0.25) is 0 Å². The number of quaternary nitrogens is 1. The largest absolute Gasteiger partial charge is 0.756 e. The van der Waals surface area contributed by atoms with Crippen molar-refractivity contribution in [1.29, 1.82) is 0 Å². The van der Waals surface area contributed by atoms with Crippen molar-refractivity contribution in [2.24, 2.45) is 0 Å². The van der Waals surface area contributed by atoms with Gasteiger partial charge in [-0.2, -0.15) is 0 Å². The molecule has 0 aliphatic heterocycles. The Morgan fingerprint density at radius 3 is 0.944 bits per heavy atom. The number of hydrogen-bond acceptors (Lipinski definition) is 8. The molecule has 0 bridgehead atoms. The highest BCUT2D eigenvalue weighted by molar-refractivity contribution is 7.45. The van der Waals surface area contributed by atoms with E-state index in [-0.39, 0.29) is 32.0 Å². The van der Waals surface area contributed by atoms with Gasteiger partial charge in [-0.05, 0) is 96.3 Å². The quantitative estimate of drug-likeness (QED) is 0.0195. The Hall–Kier alpha value is -3.07. The van der Waals surface area contributed by atoms with Crippen LogP contribution in [0.3, 0.4) is 0 Å². The lowest BCUT2D eigenvalue weighted by molar-refractivity contribution is -0.870. The molecule has 0 radical (unpaired) electrons. The van der Waals surface area contributed by atoms with Crippen molar-refractivity contribution in [1.82, 2.24) is 0 Å². The second-order valence-corrected chi connectivity index (χ2v) is 28.0. The maximum Gasteiger partial charge on any atom is 0.306 e. The zero-order valence-electron chi connectivity index (χ0n) is 59.6. The van der Waals surface area contributed by atoms with E-state index in [0.717, 1.165) is 89.9 Å². The van der Waals surface area contributed by atoms with Crippen molar-refractivity contribution >= 4 is 19.8 Å². The summed E-state index contributed by atoms with van der Waals surface area (Å²) in [7, 11) is 1.16. The molecular formula is C80H144NO8P. The van der Waals surface area contributed by atoms with E-state index in [2.05, 4.69) is 111 Å². The summed E-state index contributed by atoms with van der Waals surface area (Å²) in [6.45, 7) is 4.14. The fourth-order valence-corrected chi connectivity index (χ4v) is 11.5. The number of unbranched alkanes of at least 4 members (excludes halogenated alkanes) is 40. The molecule has 0 fully saturated rings. The summed E-state index contributed by atoms with van der Waals surface area (Å²) in [5.74, 6) is -0.833. The molecule has 90 heavy (non-hydrogen) atoms. The maximum atomic E-state index is 12.9. The van der Waals surface area contributed by atoms with Crippen LogP contribution in [0, 0.1) is 0 Å². The molecule has 0 rings (SSSR count). The van der Waals surface area contributed by atoms with Crippen molar-refractivity contribution in [3.8, 4) is 0 Å². The molecule has 2 unspecified atom stereocenters. The lowest BCUT2D eigenvalue weighted by atomic mass is 10.0. The number of carbonyl (C=O) groups is 2. The van der Waals surface area contributed by atoms with Gasteiger partial charge in [0.2, 0.25) is 0 Å². The van der Waals surface area contributed by atoms with Crippen LogP contribution < -0.4 is 4.89 Å². The first-order valence-electron chi connectivity index (χ1n) is 37.9. The van der Waals surface area contributed by atoms with Crippen molar-refractivity contribution in [3.63, 3.8) is 0 Å². The van der Waals surface area contributed by atoms with Crippen molar-refractivity contribution in [2.75, 3.05) is 47.5 Å². The third-order valence-corrected chi connectivity index (χ3v) is 17.6. The van der Waals surface area contributed by atoms with E-state index in [1.54, 1.807) is 0 Å². The molecule has 522 valence electrons. The van der Waals surface area contributed by atoms with Crippen LogP contribution in [-0.4, -0.2) is 70.0 Å². The fourth-order valence-electron chi connectivity index (χ4n) is 10.8. The Morgan fingerprint density at radius 2 is 0.633 bits per heavy atom. The first kappa shape index (κ1) is 86.9. The smallest absolute Gasteiger partial charge is 0.306 e. The molecule has 0 aromatic carbocycles. The SMILES string of the molecule is CC/C=C\C/C=C\C/C=C\C/C=C\C/C=C\C/C=C\CCCCCCCCCCC(=O)OC(COC(=O)CCCCCCCCCCCCCCCCCCCCCCCCCCCCC/C=C\C/C=C\CCCCCCC)COP(=O)([O-])OCC[N+](C)(C)C. The van der Waals surface area contributed by atoms with E-state index in [0.29, 0.717) is 17.4 Å². The summed E-state index contributed by atoms with van der Waals surface area (Å²) < 4.78 is 34.3. The molecule has 0 heterocycles. The zero-order valence-corrected chi connectivity index (χ0v) is 60.5. The number of allylic oxidation sites excluding steroid dienone is 16. The number of nitrogens with zero attached hydrogens (tertiary/aromatic N) is 1. The van der Waals surface area contributed by atoms with Gasteiger partial charge in [0.15, 0.2) is 6.10 Å². The van der Waals surface area contributed by atoms with Gasteiger partial charge >= 0.3 is 11.9 Å². The van der Waals surface area contributed by atoms with Crippen molar-refractivity contribution < 1.29 is 42.1 Å². The number of rotatable bonds is 70. The van der Waals surface area contributed by atoms with Crippen LogP contribution >= 0.6 is 7.82 Å². The van der Waals surface area contributed by atoms with Gasteiger partial charge in [-0.15, -0.1) is 0 Å². The summed E-state index contributed by atoms with van der Waals surface area (Å²) in [4.78, 5) is 38.1. The van der Waals surface area contributed by atoms with E-state index in [1.807, 2.05) is 21.1 Å². The van der Waals surface area contributed by atoms with E-state index >= 15 is 0 Å². The summed E-state index contributed by atoms with van der Waals surface area (Å²) in [6, 6.07) is 0. The average Bonchev–Trinajstić information content (AvgIpc) is 3.61. The van der Waals surface area contributed by atoms with Gasteiger partial charge in [-0.1, -0.05) is 336 Å². The van der Waals surface area contributed by atoms with Gasteiger partial charge in [0.25, 0.3) is 7.82 Å². The Bertz CT molecular complexity index is 1840. The molecule has 0 spiro atoms. The molecule has 10 heteroatoms. The fraction of sp³-hybridized carbons (Fsp3) is 0.775. The molecule has 0 N–H and O–H groups in total. The van der Waals surface area contributed by atoms with Crippen LogP contribution in [0.5, 0.6) is 0 Å². The van der Waals surface area contributed by atoms with Gasteiger partial charge in [0.05, 0.1) is 27.7 Å². The predicted octanol–water partition coefficient (Wildman–Crippen LogP) is 24.4. The molecule has 0 aromatic rings. The highest BCUT2D eigenvalue weighted by atomic mass is 31.2. The van der Waals surface area contributed by atoms with Crippen LogP contribution in [-0.2, 0) is 32.7 Å². The lowest BCUT2D eigenvalue weighted by Crippen LogP contribution is -2.37. The third-order valence-electron chi connectivity index (χ3n) is 16.6. The number of likely N-dealkylation sites (N-methyl/N-ethyl adjacent to an activating group) is 1. The zero-order chi connectivity index (χ0) is 65.5. The first-order chi connectivity index (χ1) is 44.0. The molecule has 9 nitrogen and oxygen atoms in total. The Kier molecular flexibility index (Phi) is 67.9. The number of ether oxygens (including phenoxy) is 2. The summed E-state index contributed by atoms with van der Waals surface area (Å²) in [6.07, 6.45) is 98.0. The molecule has 0 aromatic heterocycles. The van der Waals surface area contributed by atoms with Crippen LogP contribution in [0.15, 0.2) is 97.2 Å². The summed E-state index contributed by atoms with van der Waals surface area (Å²) in [5, 5.41) is 0. The molecule has 0 aliphatic rings. The van der Waals surface area contributed by atoms with Crippen LogP contribution in [0.1, 0.15) is 348 Å². The minimum absolute atomic E-state index is 0.0351. The minimum atomic E-state index is -4.65. The normalized spacial score (nSPS) is 13.6. The Morgan fingerprint density at radius 1 is 0.356 bits per heavy atom. The highest BCUT2D eigenvalue weighted by Crippen LogP contribution is 2.38. The molecule has 2 atom stereocenters. The van der Waals surface area contributed by atoms with Crippen LogP contribution in [0.25, 0.3) is 0 Å². The van der Waals surface area contributed by atoms with Gasteiger partial charge < -0.3 is 27.9 Å². The number of hydrogen-bond donors (Lipinski definition) is 0. The lowest BCUT2D eigenvalue weighted by Gasteiger charge is -2.28. The number of esters is 2. The third kappa shape index (κ3) is 74.0. The predicted molar refractivity (Wildman–Crippen MR) is 388 cm³/mol. The molecular weight excluding hydrogens is 1130 g/mol. The van der Waals surface area contributed by atoms with E-state index in [4.69, 9.17) is 18.5 Å². The van der Waals surface area contributed by atoms with Gasteiger partial charge in [0.1, 0.15) is 19.8 Å². The van der Waals surface area contributed by atoms with Gasteiger partial charge in [0, 0.05) is 12.8 Å². The Labute approximate surface area is 557 Å². The van der Waals surface area contributed by atoms with E-state index in [1.165, 1.54) is 225 Å². The number of phosphoric ester groups is 1. The molecule has 0 saturated carbocycles. The standard InChI is InChI=1S/C80H144NO8P/c1-6-8-10-12-14-16-18-20-22-24-26-28-30-32-34-35-36-37-38-39-40-41-42-43-44-45-47-48-50-52-54-56-58-60-62-64-66-68-70-72-79(82)86-76-78(77-88-90(84,85)87-75-74-81(3,4)5)89-80(83)73-71-69-67-65-63-61-59-57-55-53-51-49-46-33-31-29-27-25-23-21-19-17-15-13-11-9-7-2/h9,11,15,17-18,20-21,23-24,26-27,29,33,46,51,53,78H,6-8,10,12-14,16,19,22,25,28,30-32,34-45,47-50,52,54-77H2,1-5H3/b11-9-,17-15-,20-18-,23-21-,26-24-,29-27-,46-33-,53-51-. The minimum Gasteiger partial charge on any atom is -0.756 e. The van der Waals surface area contributed by atoms with Crippen molar-refractivity contribution in [3.05, 3.63) is 97.2 Å². The number of phosphoric acid groups is 1. The monoisotopic (exact) mass is 1280 g/mol. The van der Waals surface area contributed by atoms with Gasteiger partial charge in [-0.3, -0.25) is 14.2 Å². The highest BCUT2D eigenvalue weighted by Gasteiger charge is 2.22. The van der Waals surface area contributed by atoms with E-state index < -0.39 is 26.5 Å². The molecule has 0 amide bonds. The molecule has 0 aliphatic carbocycles. The summed E-state index contributed by atoms with van der Waals surface area (Å²) >= 11 is 0. The maximum absolute atomic E-state index is 12.9. The molecule has 0 saturated heterocycles. The second-order valence-electron chi connectivity index (χ2n) is 26.6. The first-order valence-corrected chi connectivity index (χ1v) is 39.4. The number of carbonyl (C=O) groups excluding carboxylic acids is 2. The van der Waals surface area contributed by atoms with Crippen LogP contribution in [0.4, 0.5) is 0 Å². The second kappa shape index (κ2) is 70.3. The average molecular weight is 1280 g/mol. The van der Waals surface area contributed by atoms with Crippen molar-refractivity contribution in [2.45, 2.75) is 354 Å². The topological polar surface area (TPSA) is 111 Å². The Balaban J connectivity index is 3.96. The van der Waals surface area contributed by atoms with Gasteiger partial charge in [-0.25, -0.2) is 0 Å².